The Morgan fingerprint density at radius 3 is 2.20 bits per heavy atom. The van der Waals surface area contributed by atoms with Crippen LogP contribution in [0, 0.1) is 5.92 Å². The summed E-state index contributed by atoms with van der Waals surface area (Å²) in [5, 5.41) is 2.94. The number of rotatable bonds is 8. The first-order chi connectivity index (χ1) is 9.65. The van der Waals surface area contributed by atoms with Crippen molar-refractivity contribution in [2.45, 2.75) is 40.5 Å². The molecule has 1 aromatic rings. The van der Waals surface area contributed by atoms with Crippen LogP contribution in [0.4, 0.5) is 5.69 Å². The maximum atomic E-state index is 12.1. The van der Waals surface area contributed by atoms with Crippen molar-refractivity contribution in [2.24, 2.45) is 5.92 Å². The molecule has 4 nitrogen and oxygen atoms in total. The fourth-order valence-electron chi connectivity index (χ4n) is 2.03. The maximum Gasteiger partial charge on any atom is 0.227 e. The van der Waals surface area contributed by atoms with Crippen LogP contribution in [-0.4, -0.2) is 19.1 Å². The standard InChI is InChI=1S/C16H25NO3/c1-5-12(6-2)16(18)17-13-9-10-14(19-7-3)15(11-13)20-8-4/h9-12H,5-8H2,1-4H3,(H,17,18). The third kappa shape index (κ3) is 4.44. The van der Waals surface area contributed by atoms with E-state index in [9.17, 15) is 4.79 Å². The van der Waals surface area contributed by atoms with Crippen molar-refractivity contribution in [3.05, 3.63) is 18.2 Å². The van der Waals surface area contributed by atoms with Crippen LogP contribution in [0.2, 0.25) is 0 Å². The molecule has 0 aliphatic heterocycles. The number of carbonyl (C=O) groups excluding carboxylic acids is 1. The van der Waals surface area contributed by atoms with Gasteiger partial charge in [0.05, 0.1) is 13.2 Å². The van der Waals surface area contributed by atoms with Gasteiger partial charge in [-0.2, -0.15) is 0 Å². The van der Waals surface area contributed by atoms with E-state index in [-0.39, 0.29) is 11.8 Å². The summed E-state index contributed by atoms with van der Waals surface area (Å²) in [6.07, 6.45) is 1.69. The van der Waals surface area contributed by atoms with Gasteiger partial charge in [-0.3, -0.25) is 4.79 Å². The summed E-state index contributed by atoms with van der Waals surface area (Å²) >= 11 is 0. The van der Waals surface area contributed by atoms with Gasteiger partial charge in [0.1, 0.15) is 0 Å². The lowest BCUT2D eigenvalue weighted by Crippen LogP contribution is -2.21. The Balaban J connectivity index is 2.85. The van der Waals surface area contributed by atoms with Gasteiger partial charge in [0.25, 0.3) is 0 Å². The highest BCUT2D eigenvalue weighted by molar-refractivity contribution is 5.92. The van der Waals surface area contributed by atoms with Gasteiger partial charge in [0, 0.05) is 17.7 Å². The fraction of sp³-hybridized carbons (Fsp3) is 0.562. The first kappa shape index (κ1) is 16.3. The summed E-state index contributed by atoms with van der Waals surface area (Å²) in [6.45, 7) is 9.04. The second-order valence-electron chi connectivity index (χ2n) is 4.53. The van der Waals surface area contributed by atoms with E-state index in [1.165, 1.54) is 0 Å². The maximum absolute atomic E-state index is 12.1. The van der Waals surface area contributed by atoms with E-state index in [1.54, 1.807) is 0 Å². The monoisotopic (exact) mass is 279 g/mol. The molecule has 0 atom stereocenters. The molecule has 0 spiro atoms. The summed E-state index contributed by atoms with van der Waals surface area (Å²) < 4.78 is 11.1. The van der Waals surface area contributed by atoms with Gasteiger partial charge in [0.15, 0.2) is 11.5 Å². The highest BCUT2D eigenvalue weighted by Gasteiger charge is 2.15. The van der Waals surface area contributed by atoms with Crippen LogP contribution in [0.1, 0.15) is 40.5 Å². The highest BCUT2D eigenvalue weighted by Crippen LogP contribution is 2.31. The largest absolute Gasteiger partial charge is 0.490 e. The zero-order valence-electron chi connectivity index (χ0n) is 12.9. The number of carbonyl (C=O) groups is 1. The molecule has 0 aliphatic rings. The summed E-state index contributed by atoms with van der Waals surface area (Å²) in [5.41, 5.74) is 0.744. The molecular weight excluding hydrogens is 254 g/mol. The minimum Gasteiger partial charge on any atom is -0.490 e. The van der Waals surface area contributed by atoms with Crippen LogP contribution in [0.15, 0.2) is 18.2 Å². The number of amides is 1. The first-order valence-corrected chi connectivity index (χ1v) is 7.36. The number of hydrogen-bond acceptors (Lipinski definition) is 3. The zero-order valence-corrected chi connectivity index (χ0v) is 12.9. The third-order valence-corrected chi connectivity index (χ3v) is 3.17. The summed E-state index contributed by atoms with van der Waals surface area (Å²) in [7, 11) is 0. The van der Waals surface area contributed by atoms with E-state index < -0.39 is 0 Å². The van der Waals surface area contributed by atoms with Gasteiger partial charge in [-0.05, 0) is 38.8 Å². The van der Waals surface area contributed by atoms with Crippen LogP contribution in [0.25, 0.3) is 0 Å². The Morgan fingerprint density at radius 2 is 1.65 bits per heavy atom. The van der Waals surface area contributed by atoms with Gasteiger partial charge in [-0.15, -0.1) is 0 Å². The molecule has 4 heteroatoms. The molecule has 1 aromatic carbocycles. The number of nitrogens with one attached hydrogen (secondary N) is 1. The van der Waals surface area contributed by atoms with Crippen LogP contribution in [0.3, 0.4) is 0 Å². The van der Waals surface area contributed by atoms with E-state index in [2.05, 4.69) is 5.32 Å². The molecule has 0 heterocycles. The minimum atomic E-state index is 0.0529. The molecule has 0 aliphatic carbocycles. The van der Waals surface area contributed by atoms with Gasteiger partial charge >= 0.3 is 0 Å². The molecular formula is C16H25NO3. The van der Waals surface area contributed by atoms with Crippen LogP contribution >= 0.6 is 0 Å². The fourth-order valence-corrected chi connectivity index (χ4v) is 2.03. The minimum absolute atomic E-state index is 0.0529. The topological polar surface area (TPSA) is 47.6 Å². The van der Waals surface area contributed by atoms with Crippen LogP contribution in [0.5, 0.6) is 11.5 Å². The molecule has 0 fully saturated rings. The van der Waals surface area contributed by atoms with Crippen molar-refractivity contribution in [1.29, 1.82) is 0 Å². The van der Waals surface area contributed by atoms with E-state index >= 15 is 0 Å². The lowest BCUT2D eigenvalue weighted by molar-refractivity contribution is -0.120. The number of benzene rings is 1. The van der Waals surface area contributed by atoms with E-state index in [0.717, 1.165) is 18.5 Å². The average molecular weight is 279 g/mol. The quantitative estimate of drug-likeness (QED) is 0.786. The van der Waals surface area contributed by atoms with Crippen LogP contribution in [-0.2, 0) is 4.79 Å². The Morgan fingerprint density at radius 1 is 1.05 bits per heavy atom. The van der Waals surface area contributed by atoms with E-state index in [1.807, 2.05) is 45.9 Å². The summed E-state index contributed by atoms with van der Waals surface area (Å²) in [5.74, 6) is 1.48. The zero-order chi connectivity index (χ0) is 15.0. The molecule has 1 N–H and O–H groups in total. The highest BCUT2D eigenvalue weighted by atomic mass is 16.5. The molecule has 112 valence electrons. The van der Waals surface area contributed by atoms with Crippen molar-refractivity contribution < 1.29 is 14.3 Å². The van der Waals surface area contributed by atoms with Crippen molar-refractivity contribution in [1.82, 2.24) is 0 Å². The third-order valence-electron chi connectivity index (χ3n) is 3.17. The molecule has 0 unspecified atom stereocenters. The second kappa shape index (κ2) is 8.46. The SMILES string of the molecule is CCOc1ccc(NC(=O)C(CC)CC)cc1OCC. The Hall–Kier alpha value is -1.71. The van der Waals surface area contributed by atoms with Gasteiger partial charge in [0.2, 0.25) is 5.91 Å². The lowest BCUT2D eigenvalue weighted by atomic mass is 10.0. The van der Waals surface area contributed by atoms with Gasteiger partial charge in [-0.1, -0.05) is 13.8 Å². The molecule has 0 saturated carbocycles. The average Bonchev–Trinajstić information content (AvgIpc) is 2.43. The Labute approximate surface area is 121 Å². The summed E-state index contributed by atoms with van der Waals surface area (Å²) in [4.78, 5) is 12.1. The molecule has 0 aromatic heterocycles. The predicted molar refractivity (Wildman–Crippen MR) is 81.5 cm³/mol. The molecule has 0 saturated heterocycles. The van der Waals surface area contributed by atoms with Crippen molar-refractivity contribution in [3.63, 3.8) is 0 Å². The molecule has 1 amide bonds. The predicted octanol–water partition coefficient (Wildman–Crippen LogP) is 3.86. The van der Waals surface area contributed by atoms with Gasteiger partial charge in [-0.25, -0.2) is 0 Å². The van der Waals surface area contributed by atoms with Crippen molar-refractivity contribution >= 4 is 11.6 Å². The number of ether oxygens (including phenoxy) is 2. The second-order valence-corrected chi connectivity index (χ2v) is 4.53. The molecule has 1 rings (SSSR count). The molecule has 20 heavy (non-hydrogen) atoms. The Bertz CT molecular complexity index is 428. The Kier molecular flexibility index (Phi) is 6.91. The smallest absolute Gasteiger partial charge is 0.227 e. The van der Waals surface area contributed by atoms with Crippen LogP contribution < -0.4 is 14.8 Å². The number of anilines is 1. The van der Waals surface area contributed by atoms with Crippen molar-refractivity contribution in [3.8, 4) is 11.5 Å². The normalized spacial score (nSPS) is 10.4. The van der Waals surface area contributed by atoms with E-state index in [0.29, 0.717) is 24.7 Å². The molecule has 0 radical (unpaired) electrons. The van der Waals surface area contributed by atoms with Gasteiger partial charge < -0.3 is 14.8 Å². The lowest BCUT2D eigenvalue weighted by Gasteiger charge is -2.15. The summed E-state index contributed by atoms with van der Waals surface area (Å²) in [6, 6.07) is 5.49. The number of hydrogen-bond donors (Lipinski definition) is 1. The van der Waals surface area contributed by atoms with E-state index in [4.69, 9.17) is 9.47 Å². The molecule has 0 bridgehead atoms. The first-order valence-electron chi connectivity index (χ1n) is 7.36. The van der Waals surface area contributed by atoms with Crippen molar-refractivity contribution in [2.75, 3.05) is 18.5 Å².